The highest BCUT2D eigenvalue weighted by molar-refractivity contribution is 5.99. The second kappa shape index (κ2) is 5.98. The first-order chi connectivity index (χ1) is 13.1. The third-order valence-electron chi connectivity index (χ3n) is 5.53. The largest absolute Gasteiger partial charge is 0.348 e. The summed E-state index contributed by atoms with van der Waals surface area (Å²) in [6.45, 7) is 2.59. The first-order valence-electron chi connectivity index (χ1n) is 9.42. The van der Waals surface area contributed by atoms with E-state index in [-0.39, 0.29) is 5.91 Å². The molecule has 5 rings (SSSR count). The van der Waals surface area contributed by atoms with Crippen LogP contribution in [-0.4, -0.2) is 19.9 Å². The number of rotatable bonds is 4. The lowest BCUT2D eigenvalue weighted by Crippen LogP contribution is -2.23. The predicted octanol–water partition coefficient (Wildman–Crippen LogP) is 3.94. The van der Waals surface area contributed by atoms with Crippen LogP contribution in [0, 0.1) is 6.92 Å². The van der Waals surface area contributed by atoms with Gasteiger partial charge in [-0.1, -0.05) is 12.1 Å². The Hall–Kier alpha value is -3.08. The zero-order chi connectivity index (χ0) is 18.5. The van der Waals surface area contributed by atoms with Crippen molar-refractivity contribution in [3.63, 3.8) is 0 Å². The smallest absolute Gasteiger partial charge is 0.272 e. The van der Waals surface area contributed by atoms with Crippen LogP contribution in [0.15, 0.2) is 48.7 Å². The van der Waals surface area contributed by atoms with Gasteiger partial charge in [0.1, 0.15) is 5.82 Å². The molecule has 3 aromatic heterocycles. The molecule has 0 spiro atoms. The van der Waals surface area contributed by atoms with Crippen LogP contribution in [0.3, 0.4) is 0 Å². The van der Waals surface area contributed by atoms with Crippen LogP contribution in [0.25, 0.3) is 16.4 Å². The number of nitrogens with one attached hydrogen (secondary N) is 1. The molecule has 5 heteroatoms. The molecule has 1 saturated carbocycles. The molecule has 1 fully saturated rings. The maximum Gasteiger partial charge on any atom is 0.272 e. The molecule has 0 atom stereocenters. The van der Waals surface area contributed by atoms with E-state index in [0.717, 1.165) is 29.7 Å². The van der Waals surface area contributed by atoms with Gasteiger partial charge in [-0.3, -0.25) is 4.79 Å². The van der Waals surface area contributed by atoms with Crippen LogP contribution >= 0.6 is 0 Å². The Kier molecular flexibility index (Phi) is 3.57. The van der Waals surface area contributed by atoms with E-state index in [1.54, 1.807) is 0 Å². The number of carbonyl (C=O) groups is 1. The number of aromatic nitrogens is 3. The van der Waals surface area contributed by atoms with Gasteiger partial charge in [-0.15, -0.1) is 0 Å². The maximum atomic E-state index is 12.8. The van der Waals surface area contributed by atoms with Crippen molar-refractivity contribution in [1.82, 2.24) is 19.3 Å². The molecular weight excluding hydrogens is 336 g/mol. The topological polar surface area (TPSA) is 51.3 Å². The second-order valence-electron chi connectivity index (χ2n) is 7.47. The molecule has 3 heterocycles. The molecule has 1 N–H and O–H groups in total. The second-order valence-corrected chi connectivity index (χ2v) is 7.47. The van der Waals surface area contributed by atoms with E-state index in [1.807, 2.05) is 24.4 Å². The minimum atomic E-state index is -0.116. The summed E-state index contributed by atoms with van der Waals surface area (Å²) in [5.74, 6) is 1.39. The summed E-state index contributed by atoms with van der Waals surface area (Å²) in [7, 11) is 2.07. The van der Waals surface area contributed by atoms with E-state index < -0.39 is 0 Å². The lowest BCUT2D eigenvalue weighted by atomic mass is 10.1. The van der Waals surface area contributed by atoms with Gasteiger partial charge in [0.2, 0.25) is 0 Å². The van der Waals surface area contributed by atoms with Crippen LogP contribution in [0.5, 0.6) is 0 Å². The molecule has 4 aromatic rings. The monoisotopic (exact) mass is 358 g/mol. The average molecular weight is 358 g/mol. The molecule has 0 aliphatic heterocycles. The van der Waals surface area contributed by atoms with Crippen molar-refractivity contribution in [2.24, 2.45) is 7.05 Å². The molecule has 1 aliphatic rings. The van der Waals surface area contributed by atoms with Crippen LogP contribution in [-0.2, 0) is 13.6 Å². The third-order valence-corrected chi connectivity index (χ3v) is 5.53. The van der Waals surface area contributed by atoms with Crippen LogP contribution in [0.1, 0.15) is 46.3 Å². The van der Waals surface area contributed by atoms with Crippen molar-refractivity contribution in [1.29, 1.82) is 0 Å². The van der Waals surface area contributed by atoms with Gasteiger partial charge in [-0.25, -0.2) is 4.98 Å². The Balaban J connectivity index is 1.40. The Morgan fingerprint density at radius 1 is 1.19 bits per heavy atom. The molecule has 1 aromatic carbocycles. The molecule has 0 saturated heterocycles. The Morgan fingerprint density at radius 2 is 2.04 bits per heavy atom. The van der Waals surface area contributed by atoms with Gasteiger partial charge < -0.3 is 14.3 Å². The standard InChI is InChI=1S/C22H22N4O/c1-14-11-17-12-15(6-9-18(17)25(14)2)13-23-22(27)20-19-5-3-4-10-26(19)21(24-20)16-7-8-16/h3-6,9-12,16H,7-8,13H2,1-2H3,(H,23,27). The van der Waals surface area contributed by atoms with Crippen molar-refractivity contribution in [3.05, 3.63) is 71.4 Å². The van der Waals surface area contributed by atoms with Crippen molar-refractivity contribution in [2.45, 2.75) is 32.2 Å². The van der Waals surface area contributed by atoms with E-state index in [9.17, 15) is 4.79 Å². The van der Waals surface area contributed by atoms with E-state index in [1.165, 1.54) is 16.6 Å². The average Bonchev–Trinajstić information content (AvgIpc) is 3.39. The fraction of sp³-hybridized carbons (Fsp3) is 0.273. The molecule has 0 bridgehead atoms. The summed E-state index contributed by atoms with van der Waals surface area (Å²) >= 11 is 0. The minimum absolute atomic E-state index is 0.116. The highest BCUT2D eigenvalue weighted by Gasteiger charge is 2.30. The van der Waals surface area contributed by atoms with Crippen molar-refractivity contribution in [2.75, 3.05) is 0 Å². The predicted molar refractivity (Wildman–Crippen MR) is 106 cm³/mol. The highest BCUT2D eigenvalue weighted by Crippen LogP contribution is 2.40. The van der Waals surface area contributed by atoms with E-state index in [0.29, 0.717) is 18.2 Å². The molecule has 136 valence electrons. The summed E-state index contributed by atoms with van der Waals surface area (Å²) in [6, 6.07) is 14.4. The first kappa shape index (κ1) is 16.1. The van der Waals surface area contributed by atoms with Crippen LogP contribution < -0.4 is 5.32 Å². The van der Waals surface area contributed by atoms with Gasteiger partial charge in [0, 0.05) is 42.3 Å². The third kappa shape index (κ3) is 2.70. The van der Waals surface area contributed by atoms with Crippen molar-refractivity contribution < 1.29 is 4.79 Å². The van der Waals surface area contributed by atoms with Crippen LogP contribution in [0.2, 0.25) is 0 Å². The zero-order valence-corrected chi connectivity index (χ0v) is 15.6. The van der Waals surface area contributed by atoms with Gasteiger partial charge in [0.25, 0.3) is 5.91 Å². The lowest BCUT2D eigenvalue weighted by Gasteiger charge is -2.05. The molecule has 0 unspecified atom stereocenters. The molecule has 1 amide bonds. The van der Waals surface area contributed by atoms with Gasteiger partial charge in [-0.2, -0.15) is 0 Å². The van der Waals surface area contributed by atoms with Gasteiger partial charge in [-0.05, 0) is 55.7 Å². The molecular formula is C22H22N4O. The molecule has 1 aliphatic carbocycles. The van der Waals surface area contributed by atoms with Gasteiger partial charge >= 0.3 is 0 Å². The fourth-order valence-corrected chi connectivity index (χ4v) is 3.77. The summed E-state index contributed by atoms with van der Waals surface area (Å²) in [4.78, 5) is 17.5. The molecule has 0 radical (unpaired) electrons. The van der Waals surface area contributed by atoms with E-state index in [2.05, 4.69) is 57.5 Å². The number of aryl methyl sites for hydroxylation is 2. The number of hydrogen-bond donors (Lipinski definition) is 1. The number of pyridine rings is 1. The highest BCUT2D eigenvalue weighted by atomic mass is 16.1. The Bertz CT molecular complexity index is 1180. The van der Waals surface area contributed by atoms with E-state index in [4.69, 9.17) is 0 Å². The number of hydrogen-bond acceptors (Lipinski definition) is 2. The van der Waals surface area contributed by atoms with Crippen molar-refractivity contribution in [3.8, 4) is 0 Å². The molecule has 27 heavy (non-hydrogen) atoms. The van der Waals surface area contributed by atoms with Gasteiger partial charge in [0.15, 0.2) is 5.69 Å². The number of amides is 1. The van der Waals surface area contributed by atoms with Crippen molar-refractivity contribution >= 4 is 22.3 Å². The zero-order valence-electron chi connectivity index (χ0n) is 15.6. The summed E-state index contributed by atoms with van der Waals surface area (Å²) in [5.41, 5.74) is 4.92. The van der Waals surface area contributed by atoms with E-state index >= 15 is 0 Å². The number of carbonyl (C=O) groups excluding carboxylic acids is 1. The number of imidazole rings is 1. The fourth-order valence-electron chi connectivity index (χ4n) is 3.77. The summed E-state index contributed by atoms with van der Waals surface area (Å²) in [6.07, 6.45) is 4.32. The summed E-state index contributed by atoms with van der Waals surface area (Å²) < 4.78 is 4.24. The number of nitrogens with zero attached hydrogens (tertiary/aromatic N) is 3. The number of benzene rings is 1. The maximum absolute atomic E-state index is 12.8. The quantitative estimate of drug-likeness (QED) is 0.601. The minimum Gasteiger partial charge on any atom is -0.348 e. The SMILES string of the molecule is Cc1cc2cc(CNC(=O)c3nc(C4CC4)n4ccccc34)ccc2n1C. The Morgan fingerprint density at radius 3 is 2.85 bits per heavy atom. The normalized spacial score (nSPS) is 14.1. The Labute approximate surface area is 157 Å². The molecule has 5 nitrogen and oxygen atoms in total. The first-order valence-corrected chi connectivity index (χ1v) is 9.42. The van der Waals surface area contributed by atoms with Crippen LogP contribution in [0.4, 0.5) is 0 Å². The number of fused-ring (bicyclic) bond motifs is 2. The van der Waals surface area contributed by atoms with Gasteiger partial charge in [0.05, 0.1) is 5.52 Å². The summed E-state index contributed by atoms with van der Waals surface area (Å²) in [5, 5.41) is 4.24. The lowest BCUT2D eigenvalue weighted by molar-refractivity contribution is 0.0948.